The first-order valence-corrected chi connectivity index (χ1v) is 3.73. The van der Waals surface area contributed by atoms with Gasteiger partial charge in [-0.2, -0.15) is 0 Å². The Kier molecular flexibility index (Phi) is 2.80. The van der Waals surface area contributed by atoms with Crippen molar-refractivity contribution in [2.24, 2.45) is 5.16 Å². The molecule has 0 radical (unpaired) electrons. The Hall–Kier alpha value is -1.38. The van der Waals surface area contributed by atoms with Crippen molar-refractivity contribution in [1.29, 1.82) is 0 Å². The monoisotopic (exact) mass is 165 g/mol. The second kappa shape index (κ2) is 3.85. The number of hydrogen-bond donors (Lipinski definition) is 0. The maximum Gasteiger partial charge on any atom is 0.159 e. The van der Waals surface area contributed by atoms with Gasteiger partial charge in [-0.25, -0.2) is 0 Å². The Morgan fingerprint density at radius 3 is 2.75 bits per heavy atom. The summed E-state index contributed by atoms with van der Waals surface area (Å²) in [5.74, 6) is 0.0858. The molecule has 1 aliphatic carbocycles. The summed E-state index contributed by atoms with van der Waals surface area (Å²) in [7, 11) is 1.51. The van der Waals surface area contributed by atoms with E-state index in [9.17, 15) is 4.79 Å². The molecule has 3 nitrogen and oxygen atoms in total. The maximum absolute atomic E-state index is 10.9. The fourth-order valence-electron chi connectivity index (χ4n) is 0.983. The highest BCUT2D eigenvalue weighted by Gasteiger charge is 2.05. The highest BCUT2D eigenvalue weighted by molar-refractivity contribution is 6.04. The molecule has 0 spiro atoms. The van der Waals surface area contributed by atoms with Crippen molar-refractivity contribution in [2.75, 3.05) is 7.11 Å². The highest BCUT2D eigenvalue weighted by Crippen LogP contribution is 2.08. The first-order valence-electron chi connectivity index (χ1n) is 3.73. The van der Waals surface area contributed by atoms with Crippen LogP contribution in [0.3, 0.4) is 0 Å². The zero-order valence-corrected chi connectivity index (χ0v) is 7.20. The predicted molar refractivity (Wildman–Crippen MR) is 47.0 cm³/mol. The van der Waals surface area contributed by atoms with E-state index in [1.165, 1.54) is 7.11 Å². The van der Waals surface area contributed by atoms with Crippen LogP contribution in [-0.2, 0) is 9.63 Å². The van der Waals surface area contributed by atoms with E-state index in [4.69, 9.17) is 0 Å². The lowest BCUT2D eigenvalue weighted by molar-refractivity contribution is -0.113. The largest absolute Gasteiger partial charge is 0.399 e. The van der Waals surface area contributed by atoms with E-state index >= 15 is 0 Å². The number of carbonyl (C=O) groups excluding carboxylic acids is 1. The second-order valence-electron chi connectivity index (χ2n) is 2.52. The number of rotatable bonds is 2. The average Bonchev–Trinajstić information content (AvgIpc) is 2.06. The minimum atomic E-state index is 0.0858. The molecule has 64 valence electrons. The van der Waals surface area contributed by atoms with Gasteiger partial charge in [0.05, 0.1) is 5.71 Å². The summed E-state index contributed by atoms with van der Waals surface area (Å²) >= 11 is 0. The Labute approximate surface area is 71.4 Å². The van der Waals surface area contributed by atoms with Gasteiger partial charge in [-0.3, -0.25) is 4.79 Å². The van der Waals surface area contributed by atoms with Crippen LogP contribution in [0, 0.1) is 0 Å². The molecular formula is C9H11NO2. The molecule has 0 saturated carbocycles. The zero-order valence-electron chi connectivity index (χ0n) is 7.20. The quantitative estimate of drug-likeness (QED) is 0.581. The summed E-state index contributed by atoms with van der Waals surface area (Å²) in [6, 6.07) is 0. The van der Waals surface area contributed by atoms with Crippen LogP contribution in [-0.4, -0.2) is 18.6 Å². The molecule has 1 rings (SSSR count). The summed E-state index contributed by atoms with van der Waals surface area (Å²) in [5, 5.41) is 3.75. The molecular weight excluding hydrogens is 154 g/mol. The molecule has 0 amide bonds. The molecule has 0 bridgehead atoms. The van der Waals surface area contributed by atoms with Gasteiger partial charge in [-0.15, -0.1) is 0 Å². The van der Waals surface area contributed by atoms with Crippen molar-refractivity contribution in [1.82, 2.24) is 0 Å². The third-order valence-electron chi connectivity index (χ3n) is 1.60. The van der Waals surface area contributed by atoms with Crippen LogP contribution >= 0.6 is 0 Å². The summed E-state index contributed by atoms with van der Waals surface area (Å²) in [4.78, 5) is 15.5. The lowest BCUT2D eigenvalue weighted by Crippen LogP contribution is -2.02. The molecule has 0 unspecified atom stereocenters. The molecule has 0 aromatic heterocycles. The highest BCUT2D eigenvalue weighted by atomic mass is 16.6. The SMILES string of the molecule is CON=C1C=CC(C(C)=O)=CC1. The van der Waals surface area contributed by atoms with Gasteiger partial charge in [-0.1, -0.05) is 11.2 Å². The van der Waals surface area contributed by atoms with Crippen molar-refractivity contribution in [3.63, 3.8) is 0 Å². The molecule has 12 heavy (non-hydrogen) atoms. The standard InChI is InChI=1S/C9H11NO2/c1-7(11)8-3-5-9(6-4-8)10-12-2/h3-5H,6H2,1-2H3. The third kappa shape index (κ3) is 2.05. The van der Waals surface area contributed by atoms with Crippen molar-refractivity contribution < 1.29 is 9.63 Å². The number of allylic oxidation sites excluding steroid dienone is 4. The van der Waals surface area contributed by atoms with E-state index in [0.29, 0.717) is 6.42 Å². The topological polar surface area (TPSA) is 38.7 Å². The third-order valence-corrected chi connectivity index (χ3v) is 1.60. The fraction of sp³-hybridized carbons (Fsp3) is 0.333. The maximum atomic E-state index is 10.9. The predicted octanol–water partition coefficient (Wildman–Crippen LogP) is 1.46. The Morgan fingerprint density at radius 2 is 2.33 bits per heavy atom. The normalized spacial score (nSPS) is 19.2. The van der Waals surface area contributed by atoms with Gasteiger partial charge in [0.15, 0.2) is 5.78 Å². The van der Waals surface area contributed by atoms with Gasteiger partial charge < -0.3 is 4.84 Å². The summed E-state index contributed by atoms with van der Waals surface area (Å²) < 4.78 is 0. The van der Waals surface area contributed by atoms with Gasteiger partial charge in [0.25, 0.3) is 0 Å². The van der Waals surface area contributed by atoms with Crippen molar-refractivity contribution in [3.8, 4) is 0 Å². The second-order valence-corrected chi connectivity index (χ2v) is 2.52. The van der Waals surface area contributed by atoms with Crippen LogP contribution in [0.5, 0.6) is 0 Å². The van der Waals surface area contributed by atoms with E-state index in [1.54, 1.807) is 19.1 Å². The zero-order chi connectivity index (χ0) is 8.97. The molecule has 3 heteroatoms. The van der Waals surface area contributed by atoms with Gasteiger partial charge >= 0.3 is 0 Å². The Balaban J connectivity index is 2.68. The molecule has 0 atom stereocenters. The van der Waals surface area contributed by atoms with Crippen LogP contribution in [0.25, 0.3) is 0 Å². The number of ketones is 1. The minimum Gasteiger partial charge on any atom is -0.399 e. The van der Waals surface area contributed by atoms with Gasteiger partial charge in [-0.05, 0) is 19.1 Å². The molecule has 0 aromatic carbocycles. The van der Waals surface area contributed by atoms with Crippen molar-refractivity contribution in [2.45, 2.75) is 13.3 Å². The van der Waals surface area contributed by atoms with E-state index in [1.807, 2.05) is 6.08 Å². The smallest absolute Gasteiger partial charge is 0.159 e. The van der Waals surface area contributed by atoms with Gasteiger partial charge in [0.2, 0.25) is 0 Å². The van der Waals surface area contributed by atoms with E-state index < -0.39 is 0 Å². The summed E-state index contributed by atoms with van der Waals surface area (Å²) in [6.45, 7) is 1.55. The first kappa shape index (κ1) is 8.71. The molecule has 0 aliphatic heterocycles. The lowest BCUT2D eigenvalue weighted by atomic mass is 10.0. The Bertz CT molecular complexity index is 274. The summed E-state index contributed by atoms with van der Waals surface area (Å²) in [5.41, 5.74) is 1.58. The molecule has 1 aliphatic rings. The van der Waals surface area contributed by atoms with E-state index in [2.05, 4.69) is 9.99 Å². The lowest BCUT2D eigenvalue weighted by Gasteiger charge is -2.04. The molecule has 0 fully saturated rings. The summed E-state index contributed by atoms with van der Waals surface area (Å²) in [6.07, 6.45) is 6.06. The molecule has 0 aromatic rings. The number of Topliss-reactive ketones (excluding diaryl/α,β-unsaturated/α-hetero) is 1. The van der Waals surface area contributed by atoms with Crippen molar-refractivity contribution in [3.05, 3.63) is 23.8 Å². The van der Waals surface area contributed by atoms with Crippen LogP contribution in [0.15, 0.2) is 29.0 Å². The fourth-order valence-corrected chi connectivity index (χ4v) is 0.983. The number of hydrogen-bond acceptors (Lipinski definition) is 3. The first-order chi connectivity index (χ1) is 5.74. The minimum absolute atomic E-state index is 0.0858. The van der Waals surface area contributed by atoms with E-state index in [0.717, 1.165) is 11.3 Å². The molecule has 0 heterocycles. The van der Waals surface area contributed by atoms with Gasteiger partial charge in [0.1, 0.15) is 7.11 Å². The van der Waals surface area contributed by atoms with Crippen molar-refractivity contribution >= 4 is 11.5 Å². The number of carbonyl (C=O) groups is 1. The van der Waals surface area contributed by atoms with Crippen LogP contribution in [0.1, 0.15) is 13.3 Å². The molecule has 0 saturated heterocycles. The Morgan fingerprint density at radius 1 is 1.58 bits per heavy atom. The number of oxime groups is 1. The van der Waals surface area contributed by atoms with Gasteiger partial charge in [0, 0.05) is 12.0 Å². The number of nitrogens with zero attached hydrogens (tertiary/aromatic N) is 1. The van der Waals surface area contributed by atoms with Crippen LogP contribution in [0.2, 0.25) is 0 Å². The van der Waals surface area contributed by atoms with Crippen LogP contribution < -0.4 is 0 Å². The average molecular weight is 165 g/mol. The molecule has 0 N–H and O–H groups in total. The van der Waals surface area contributed by atoms with Crippen LogP contribution in [0.4, 0.5) is 0 Å². The van der Waals surface area contributed by atoms with E-state index in [-0.39, 0.29) is 5.78 Å².